The molecule has 0 aliphatic carbocycles. The van der Waals surface area contributed by atoms with Gasteiger partial charge in [0.25, 0.3) is 0 Å². The first kappa shape index (κ1) is 14.7. The first-order valence-electron chi connectivity index (χ1n) is 6.74. The number of halogens is 1. The summed E-state index contributed by atoms with van der Waals surface area (Å²) in [6, 6.07) is 6.33. The molecule has 2 aromatic rings. The number of hydrogen-bond donors (Lipinski definition) is 1. The first-order chi connectivity index (χ1) is 9.54. The van der Waals surface area contributed by atoms with E-state index in [1.807, 2.05) is 13.8 Å². The fourth-order valence-electron chi connectivity index (χ4n) is 1.99. The topological polar surface area (TPSA) is 59.2 Å². The first-order valence-corrected chi connectivity index (χ1v) is 6.74. The van der Waals surface area contributed by atoms with E-state index in [0.29, 0.717) is 18.1 Å². The molecule has 1 aromatic heterocycles. The van der Waals surface area contributed by atoms with Gasteiger partial charge in [0.1, 0.15) is 5.82 Å². The maximum absolute atomic E-state index is 13.0. The summed E-state index contributed by atoms with van der Waals surface area (Å²) < 4.78 is 18.2. The number of nitrogens with zero attached hydrogens (tertiary/aromatic N) is 2. The van der Waals surface area contributed by atoms with Gasteiger partial charge < -0.3 is 9.63 Å². The summed E-state index contributed by atoms with van der Waals surface area (Å²) in [5.41, 5.74) is 0.494. The second-order valence-electron chi connectivity index (χ2n) is 5.32. The van der Waals surface area contributed by atoms with Crippen molar-refractivity contribution in [3.63, 3.8) is 0 Å². The Bertz CT molecular complexity index is 549. The van der Waals surface area contributed by atoms with Gasteiger partial charge in [0.05, 0.1) is 5.41 Å². The van der Waals surface area contributed by atoms with Crippen LogP contribution in [0.3, 0.4) is 0 Å². The third-order valence-corrected chi connectivity index (χ3v) is 3.39. The van der Waals surface area contributed by atoms with E-state index in [9.17, 15) is 4.39 Å². The quantitative estimate of drug-likeness (QED) is 0.825. The van der Waals surface area contributed by atoms with E-state index in [4.69, 9.17) is 9.63 Å². The van der Waals surface area contributed by atoms with Gasteiger partial charge in [-0.25, -0.2) is 4.39 Å². The number of unbranched alkanes of at least 4 members (excludes halogenated alkanes) is 1. The maximum Gasteiger partial charge on any atom is 0.226 e. The van der Waals surface area contributed by atoms with Crippen molar-refractivity contribution in [1.82, 2.24) is 10.1 Å². The number of rotatable bonds is 6. The molecule has 0 unspecified atom stereocenters. The molecule has 20 heavy (non-hydrogen) atoms. The molecule has 0 radical (unpaired) electrons. The lowest BCUT2D eigenvalue weighted by molar-refractivity contribution is 0.280. The van der Waals surface area contributed by atoms with Gasteiger partial charge in [-0.05, 0) is 44.4 Å². The Morgan fingerprint density at radius 3 is 2.55 bits per heavy atom. The van der Waals surface area contributed by atoms with Crippen LogP contribution in [-0.2, 0) is 11.8 Å². The van der Waals surface area contributed by atoms with E-state index in [1.165, 1.54) is 12.1 Å². The Labute approximate surface area is 117 Å². The highest BCUT2D eigenvalue weighted by Crippen LogP contribution is 2.29. The minimum Gasteiger partial charge on any atom is -0.396 e. The van der Waals surface area contributed by atoms with Gasteiger partial charge in [-0.15, -0.1) is 0 Å². The molecule has 0 saturated carbocycles. The molecule has 108 valence electrons. The number of aliphatic hydroxyl groups excluding tert-OH is 1. The van der Waals surface area contributed by atoms with E-state index < -0.39 is 5.41 Å². The zero-order chi connectivity index (χ0) is 14.6. The van der Waals surface area contributed by atoms with Gasteiger partial charge in [-0.3, -0.25) is 0 Å². The monoisotopic (exact) mass is 278 g/mol. The fraction of sp³-hybridized carbons (Fsp3) is 0.467. The Morgan fingerprint density at radius 2 is 1.90 bits per heavy atom. The molecule has 0 fully saturated rings. The highest BCUT2D eigenvalue weighted by Gasteiger charge is 2.28. The van der Waals surface area contributed by atoms with E-state index in [0.717, 1.165) is 18.4 Å². The highest BCUT2D eigenvalue weighted by atomic mass is 19.1. The summed E-state index contributed by atoms with van der Waals surface area (Å²) >= 11 is 0. The average Bonchev–Trinajstić information content (AvgIpc) is 2.89. The van der Waals surface area contributed by atoms with Crippen molar-refractivity contribution in [3.05, 3.63) is 47.4 Å². The molecule has 0 bridgehead atoms. The Hall–Kier alpha value is -1.75. The van der Waals surface area contributed by atoms with Crippen molar-refractivity contribution in [1.29, 1.82) is 0 Å². The molecule has 1 N–H and O–H groups in total. The predicted molar refractivity (Wildman–Crippen MR) is 72.8 cm³/mol. The molecule has 0 amide bonds. The Kier molecular flexibility index (Phi) is 4.49. The van der Waals surface area contributed by atoms with Crippen molar-refractivity contribution in [2.45, 2.75) is 38.5 Å². The van der Waals surface area contributed by atoms with Crippen LogP contribution in [0.4, 0.5) is 4.39 Å². The van der Waals surface area contributed by atoms with Crippen LogP contribution in [-0.4, -0.2) is 21.9 Å². The van der Waals surface area contributed by atoms with E-state index in [2.05, 4.69) is 10.1 Å². The van der Waals surface area contributed by atoms with Crippen LogP contribution in [0.1, 0.15) is 44.0 Å². The Balaban J connectivity index is 2.15. The summed E-state index contributed by atoms with van der Waals surface area (Å²) in [5.74, 6) is 0.897. The molecule has 5 heteroatoms. The van der Waals surface area contributed by atoms with Crippen molar-refractivity contribution in [2.24, 2.45) is 0 Å². The summed E-state index contributed by atoms with van der Waals surface area (Å²) in [7, 11) is 0. The SMILES string of the molecule is CC(C)(c1ccc(F)cc1)c1noc(CCCCO)n1. The van der Waals surface area contributed by atoms with Crippen LogP contribution < -0.4 is 0 Å². The normalized spacial score (nSPS) is 11.8. The number of benzene rings is 1. The van der Waals surface area contributed by atoms with E-state index >= 15 is 0 Å². The lowest BCUT2D eigenvalue weighted by Crippen LogP contribution is -2.20. The molecule has 4 nitrogen and oxygen atoms in total. The third kappa shape index (κ3) is 3.22. The average molecular weight is 278 g/mol. The van der Waals surface area contributed by atoms with Crippen LogP contribution in [0.2, 0.25) is 0 Å². The molecule has 2 rings (SSSR count). The number of aliphatic hydroxyl groups is 1. The van der Waals surface area contributed by atoms with Crippen LogP contribution in [0.5, 0.6) is 0 Å². The van der Waals surface area contributed by atoms with Crippen LogP contribution in [0, 0.1) is 5.82 Å². The van der Waals surface area contributed by atoms with Gasteiger partial charge >= 0.3 is 0 Å². The molecule has 0 aliphatic heterocycles. The van der Waals surface area contributed by atoms with Crippen molar-refractivity contribution < 1.29 is 14.0 Å². The molecule has 1 heterocycles. The van der Waals surface area contributed by atoms with E-state index in [-0.39, 0.29) is 12.4 Å². The zero-order valence-electron chi connectivity index (χ0n) is 11.8. The van der Waals surface area contributed by atoms with Crippen LogP contribution >= 0.6 is 0 Å². The summed E-state index contributed by atoms with van der Waals surface area (Å²) in [6.07, 6.45) is 2.20. The predicted octanol–water partition coefficient (Wildman–Crippen LogP) is 2.85. The van der Waals surface area contributed by atoms with Crippen molar-refractivity contribution in [3.8, 4) is 0 Å². The maximum atomic E-state index is 13.0. The molecular formula is C15H19FN2O2. The summed E-state index contributed by atoms with van der Waals surface area (Å²) in [6.45, 7) is 4.12. The molecule has 0 spiro atoms. The van der Waals surface area contributed by atoms with E-state index in [1.54, 1.807) is 12.1 Å². The molecule has 0 atom stereocenters. The molecular weight excluding hydrogens is 259 g/mol. The van der Waals surface area contributed by atoms with Crippen molar-refractivity contribution in [2.75, 3.05) is 6.61 Å². The second kappa shape index (κ2) is 6.13. The smallest absolute Gasteiger partial charge is 0.226 e. The highest BCUT2D eigenvalue weighted by molar-refractivity contribution is 5.30. The van der Waals surface area contributed by atoms with Crippen LogP contribution in [0.15, 0.2) is 28.8 Å². The summed E-state index contributed by atoms with van der Waals surface area (Å²) in [5, 5.41) is 12.8. The fourth-order valence-corrected chi connectivity index (χ4v) is 1.99. The summed E-state index contributed by atoms with van der Waals surface area (Å²) in [4.78, 5) is 4.40. The molecule has 0 saturated heterocycles. The van der Waals surface area contributed by atoms with Gasteiger partial charge in [-0.2, -0.15) is 4.98 Å². The lowest BCUT2D eigenvalue weighted by Gasteiger charge is -2.20. The number of aromatic nitrogens is 2. The largest absolute Gasteiger partial charge is 0.396 e. The van der Waals surface area contributed by atoms with Gasteiger partial charge in [0, 0.05) is 13.0 Å². The minimum absolute atomic E-state index is 0.169. The lowest BCUT2D eigenvalue weighted by atomic mass is 9.84. The molecule has 1 aromatic carbocycles. The second-order valence-corrected chi connectivity index (χ2v) is 5.32. The third-order valence-electron chi connectivity index (χ3n) is 3.39. The number of hydrogen-bond acceptors (Lipinski definition) is 4. The minimum atomic E-state index is -0.438. The Morgan fingerprint density at radius 1 is 1.20 bits per heavy atom. The van der Waals surface area contributed by atoms with Crippen LogP contribution in [0.25, 0.3) is 0 Å². The standard InChI is InChI=1S/C15H19FN2O2/c1-15(2,11-6-8-12(16)9-7-11)14-17-13(20-18-14)5-3-4-10-19/h6-9,19H,3-5,10H2,1-2H3. The van der Waals surface area contributed by atoms with Gasteiger partial charge in [0.2, 0.25) is 5.89 Å². The van der Waals surface area contributed by atoms with Crippen molar-refractivity contribution >= 4 is 0 Å². The molecule has 0 aliphatic rings. The number of aryl methyl sites for hydroxylation is 1. The van der Waals surface area contributed by atoms with Gasteiger partial charge in [0.15, 0.2) is 5.82 Å². The zero-order valence-corrected chi connectivity index (χ0v) is 11.8. The van der Waals surface area contributed by atoms with Gasteiger partial charge in [-0.1, -0.05) is 17.3 Å².